The first-order chi connectivity index (χ1) is 15.2. The van der Waals surface area contributed by atoms with E-state index in [4.69, 9.17) is 23.7 Å². The third-order valence-electron chi connectivity index (χ3n) is 5.11. The smallest absolute Gasteiger partial charge is 0.351 e. The Kier molecular flexibility index (Phi) is 7.33. The molecule has 2 aliphatic rings. The van der Waals surface area contributed by atoms with Crippen LogP contribution in [0.25, 0.3) is 11.3 Å². The van der Waals surface area contributed by atoms with Gasteiger partial charge in [-0.25, -0.2) is 4.79 Å². The van der Waals surface area contributed by atoms with Crippen LogP contribution in [0.4, 0.5) is 0 Å². The van der Waals surface area contributed by atoms with E-state index in [0.29, 0.717) is 58.7 Å². The summed E-state index contributed by atoms with van der Waals surface area (Å²) in [7, 11) is 1.64. The molecular formula is C23H26N2O6. The number of methoxy groups -OCH3 is 1. The quantitative estimate of drug-likeness (QED) is 0.487. The number of aromatic nitrogens is 2. The Morgan fingerprint density at radius 1 is 1.26 bits per heavy atom. The fraction of sp³-hybridized carbons (Fsp3) is 0.478. The fourth-order valence-electron chi connectivity index (χ4n) is 3.57. The summed E-state index contributed by atoms with van der Waals surface area (Å²) in [5.74, 6) is 6.45. The number of fused-ring (bicyclic) bond motifs is 3. The number of hydrogen-bond acceptors (Lipinski definition) is 7. The molecule has 1 fully saturated rings. The van der Waals surface area contributed by atoms with Crippen molar-refractivity contribution in [3.05, 3.63) is 45.9 Å². The van der Waals surface area contributed by atoms with Crippen molar-refractivity contribution in [2.75, 3.05) is 53.4 Å². The molecule has 0 N–H and O–H groups in total. The van der Waals surface area contributed by atoms with Crippen molar-refractivity contribution < 1.29 is 23.7 Å². The molecule has 2 aromatic rings. The Bertz CT molecular complexity index is 1020. The van der Waals surface area contributed by atoms with Crippen LogP contribution in [0, 0.1) is 11.8 Å². The Balaban J connectivity index is 1.48. The van der Waals surface area contributed by atoms with E-state index in [1.165, 1.54) is 0 Å². The first kappa shape index (κ1) is 21.5. The number of nitrogens with zero attached hydrogens (tertiary/aromatic N) is 2. The highest BCUT2D eigenvalue weighted by Crippen LogP contribution is 2.30. The molecule has 1 aromatic carbocycles. The molecule has 2 aliphatic heterocycles. The number of aryl methyl sites for hydroxylation is 1. The van der Waals surface area contributed by atoms with Gasteiger partial charge in [0.25, 0.3) is 0 Å². The Hall–Kier alpha value is -2.70. The lowest BCUT2D eigenvalue weighted by Gasteiger charge is -2.24. The summed E-state index contributed by atoms with van der Waals surface area (Å²) in [6.45, 7) is 3.94. The molecule has 8 nitrogen and oxygen atoms in total. The zero-order chi connectivity index (χ0) is 21.5. The van der Waals surface area contributed by atoms with Crippen molar-refractivity contribution in [2.45, 2.75) is 19.1 Å². The lowest BCUT2D eigenvalue weighted by atomic mass is 9.95. The topological polar surface area (TPSA) is 81.0 Å². The van der Waals surface area contributed by atoms with E-state index in [1.54, 1.807) is 11.7 Å². The highest BCUT2D eigenvalue weighted by molar-refractivity contribution is 5.67. The number of ether oxygens (including phenoxy) is 5. The molecule has 4 rings (SSSR count). The minimum Gasteiger partial charge on any atom is -0.475 e. The molecule has 1 aromatic heterocycles. The van der Waals surface area contributed by atoms with Crippen LogP contribution in [-0.2, 0) is 31.9 Å². The molecule has 0 spiro atoms. The fourth-order valence-corrected chi connectivity index (χ4v) is 3.57. The molecule has 164 valence electrons. The number of hydrogen-bond donors (Lipinski definition) is 0. The van der Waals surface area contributed by atoms with Gasteiger partial charge in [-0.2, -0.15) is 4.98 Å². The first-order valence-electron chi connectivity index (χ1n) is 10.4. The summed E-state index contributed by atoms with van der Waals surface area (Å²) in [4.78, 5) is 16.6. The summed E-state index contributed by atoms with van der Waals surface area (Å²) in [6, 6.07) is 7.84. The molecule has 31 heavy (non-hydrogen) atoms. The molecule has 1 atom stereocenters. The van der Waals surface area contributed by atoms with Gasteiger partial charge in [0.15, 0.2) is 0 Å². The second kappa shape index (κ2) is 10.6. The highest BCUT2D eigenvalue weighted by Gasteiger charge is 2.20. The van der Waals surface area contributed by atoms with Crippen molar-refractivity contribution in [3.63, 3.8) is 0 Å². The molecule has 0 saturated carbocycles. The molecule has 0 radical (unpaired) electrons. The second-order valence-corrected chi connectivity index (χ2v) is 7.26. The SMILES string of the molecule is COCCOCC#Cc1ccc2c(c1)CCn1c-2cc(OCC2COCCO2)nc1=O. The normalized spacial score (nSPS) is 17.3. The summed E-state index contributed by atoms with van der Waals surface area (Å²) < 4.78 is 28.7. The van der Waals surface area contributed by atoms with E-state index < -0.39 is 0 Å². The van der Waals surface area contributed by atoms with Crippen LogP contribution < -0.4 is 10.4 Å². The van der Waals surface area contributed by atoms with Crippen LogP contribution in [0.15, 0.2) is 29.1 Å². The van der Waals surface area contributed by atoms with Crippen LogP contribution in [0.2, 0.25) is 0 Å². The van der Waals surface area contributed by atoms with E-state index >= 15 is 0 Å². The number of rotatable bonds is 7. The Morgan fingerprint density at radius 2 is 2.19 bits per heavy atom. The third-order valence-corrected chi connectivity index (χ3v) is 5.11. The van der Waals surface area contributed by atoms with Gasteiger partial charge in [-0.05, 0) is 24.1 Å². The number of benzene rings is 1. The van der Waals surface area contributed by atoms with Crippen LogP contribution in [0.3, 0.4) is 0 Å². The molecule has 0 amide bonds. The zero-order valence-electron chi connectivity index (χ0n) is 17.6. The summed E-state index contributed by atoms with van der Waals surface area (Å²) in [5, 5.41) is 0. The second-order valence-electron chi connectivity index (χ2n) is 7.26. The molecule has 1 unspecified atom stereocenters. The molecular weight excluding hydrogens is 400 g/mol. The van der Waals surface area contributed by atoms with Crippen molar-refractivity contribution in [2.24, 2.45) is 0 Å². The average Bonchev–Trinajstić information content (AvgIpc) is 2.80. The highest BCUT2D eigenvalue weighted by atomic mass is 16.6. The summed E-state index contributed by atoms with van der Waals surface area (Å²) >= 11 is 0. The van der Waals surface area contributed by atoms with Crippen LogP contribution in [0.1, 0.15) is 11.1 Å². The van der Waals surface area contributed by atoms with E-state index in [9.17, 15) is 4.79 Å². The maximum Gasteiger partial charge on any atom is 0.351 e. The van der Waals surface area contributed by atoms with Crippen molar-refractivity contribution in [3.8, 4) is 29.0 Å². The van der Waals surface area contributed by atoms with E-state index in [1.807, 2.05) is 18.2 Å². The molecule has 3 heterocycles. The average molecular weight is 426 g/mol. The molecule has 0 bridgehead atoms. The van der Waals surface area contributed by atoms with Crippen molar-refractivity contribution in [1.82, 2.24) is 9.55 Å². The van der Waals surface area contributed by atoms with Crippen molar-refractivity contribution in [1.29, 1.82) is 0 Å². The van der Waals surface area contributed by atoms with E-state index in [0.717, 1.165) is 28.8 Å². The Labute approximate surface area is 181 Å². The minimum atomic E-state index is -0.309. The van der Waals surface area contributed by atoms with Gasteiger partial charge < -0.3 is 23.7 Å². The molecule has 1 saturated heterocycles. The maximum atomic E-state index is 12.5. The van der Waals surface area contributed by atoms with Crippen molar-refractivity contribution >= 4 is 0 Å². The van der Waals surface area contributed by atoms with Gasteiger partial charge >= 0.3 is 5.69 Å². The van der Waals surface area contributed by atoms with Crippen LogP contribution in [0.5, 0.6) is 5.88 Å². The molecule has 0 aliphatic carbocycles. The van der Waals surface area contributed by atoms with Crippen LogP contribution in [-0.4, -0.2) is 69.0 Å². The van der Waals surface area contributed by atoms with Gasteiger partial charge in [-0.1, -0.05) is 17.9 Å². The summed E-state index contributed by atoms with van der Waals surface area (Å²) in [5.41, 5.74) is 3.56. The van der Waals surface area contributed by atoms with E-state index in [-0.39, 0.29) is 11.8 Å². The maximum absolute atomic E-state index is 12.5. The lowest BCUT2D eigenvalue weighted by molar-refractivity contribution is -0.102. The zero-order valence-corrected chi connectivity index (χ0v) is 17.6. The monoisotopic (exact) mass is 426 g/mol. The summed E-state index contributed by atoms with van der Waals surface area (Å²) in [6.07, 6.45) is 0.596. The predicted molar refractivity (Wildman–Crippen MR) is 113 cm³/mol. The lowest BCUT2D eigenvalue weighted by Crippen LogP contribution is -2.34. The van der Waals surface area contributed by atoms with Gasteiger partial charge in [0.05, 0.1) is 38.7 Å². The van der Waals surface area contributed by atoms with Gasteiger partial charge in [0, 0.05) is 30.8 Å². The first-order valence-corrected chi connectivity index (χ1v) is 10.4. The van der Waals surface area contributed by atoms with Gasteiger partial charge in [0.2, 0.25) is 5.88 Å². The van der Waals surface area contributed by atoms with Crippen LogP contribution >= 0.6 is 0 Å². The third kappa shape index (κ3) is 5.51. The largest absolute Gasteiger partial charge is 0.475 e. The van der Waals surface area contributed by atoms with E-state index in [2.05, 4.69) is 22.9 Å². The van der Waals surface area contributed by atoms with Gasteiger partial charge in [-0.3, -0.25) is 4.57 Å². The minimum absolute atomic E-state index is 0.152. The standard InChI is InChI=1S/C23H26N2O6/c1-27-9-10-28-8-2-3-17-4-5-20-18(13-17)6-7-25-21(20)14-22(24-23(25)26)31-16-19-15-29-11-12-30-19/h4-5,13-14,19H,6-12,15-16H2,1H3. The Morgan fingerprint density at radius 3 is 3.03 bits per heavy atom. The predicted octanol–water partition coefficient (Wildman–Crippen LogP) is 1.28. The van der Waals surface area contributed by atoms with Gasteiger partial charge in [-0.15, -0.1) is 0 Å². The van der Waals surface area contributed by atoms with Gasteiger partial charge in [0.1, 0.15) is 19.3 Å². The molecule has 8 heteroatoms.